The summed E-state index contributed by atoms with van der Waals surface area (Å²) < 4.78 is 0. The largest absolute Gasteiger partial charge is 0.314 e. The standard InChI is InChI=1S/C12H19N3S2/c1-2-8-16-10(3-1)12-15-14-11(17-12)6-7-13-9-4-5-9/h9-10,13H,1-8H2. The zero-order chi connectivity index (χ0) is 11.5. The van der Waals surface area contributed by atoms with Crippen LogP contribution in [0.4, 0.5) is 0 Å². The lowest BCUT2D eigenvalue weighted by molar-refractivity contribution is 0.671. The van der Waals surface area contributed by atoms with Crippen LogP contribution in [0, 0.1) is 0 Å². The second-order valence-corrected chi connectivity index (χ2v) is 7.27. The van der Waals surface area contributed by atoms with Gasteiger partial charge < -0.3 is 5.32 Å². The van der Waals surface area contributed by atoms with Gasteiger partial charge in [-0.3, -0.25) is 0 Å². The van der Waals surface area contributed by atoms with Gasteiger partial charge in [0, 0.05) is 19.0 Å². The third-order valence-electron chi connectivity index (χ3n) is 3.29. The minimum atomic E-state index is 0.631. The first-order chi connectivity index (χ1) is 8.42. The van der Waals surface area contributed by atoms with Gasteiger partial charge in [-0.05, 0) is 31.4 Å². The molecule has 1 aromatic rings. The van der Waals surface area contributed by atoms with E-state index in [1.165, 1.54) is 47.9 Å². The minimum Gasteiger partial charge on any atom is -0.314 e. The molecule has 1 atom stereocenters. The molecule has 0 radical (unpaired) electrons. The van der Waals surface area contributed by atoms with Crippen molar-refractivity contribution in [2.24, 2.45) is 0 Å². The number of hydrogen-bond donors (Lipinski definition) is 1. The summed E-state index contributed by atoms with van der Waals surface area (Å²) in [5.41, 5.74) is 0. The van der Waals surface area contributed by atoms with Gasteiger partial charge in [0.25, 0.3) is 0 Å². The molecular weight excluding hydrogens is 250 g/mol. The predicted octanol–water partition coefficient (Wildman–Crippen LogP) is 2.79. The molecule has 3 nitrogen and oxygen atoms in total. The Kier molecular flexibility index (Phi) is 3.98. The van der Waals surface area contributed by atoms with Crippen molar-refractivity contribution in [2.75, 3.05) is 12.3 Å². The Morgan fingerprint density at radius 3 is 2.88 bits per heavy atom. The summed E-state index contributed by atoms with van der Waals surface area (Å²) in [5, 5.41) is 15.3. The lowest BCUT2D eigenvalue weighted by Gasteiger charge is -2.17. The summed E-state index contributed by atoms with van der Waals surface area (Å²) >= 11 is 3.89. The van der Waals surface area contributed by atoms with E-state index in [2.05, 4.69) is 27.3 Å². The molecule has 94 valence electrons. The number of nitrogens with zero attached hydrogens (tertiary/aromatic N) is 2. The molecule has 1 aliphatic heterocycles. The van der Waals surface area contributed by atoms with Gasteiger partial charge in [0.15, 0.2) is 0 Å². The number of rotatable bonds is 5. The summed E-state index contributed by atoms with van der Waals surface area (Å²) in [6, 6.07) is 0.802. The highest BCUT2D eigenvalue weighted by Crippen LogP contribution is 2.39. The van der Waals surface area contributed by atoms with E-state index < -0.39 is 0 Å². The molecule has 0 aromatic carbocycles. The Bertz CT molecular complexity index is 356. The van der Waals surface area contributed by atoms with Crippen LogP contribution in [0.1, 0.15) is 47.4 Å². The fraction of sp³-hybridized carbons (Fsp3) is 0.833. The Labute approximate surface area is 111 Å². The lowest BCUT2D eigenvalue weighted by Crippen LogP contribution is -2.19. The van der Waals surface area contributed by atoms with E-state index >= 15 is 0 Å². The topological polar surface area (TPSA) is 37.8 Å². The molecule has 1 unspecified atom stereocenters. The second kappa shape index (κ2) is 5.67. The Morgan fingerprint density at radius 2 is 2.12 bits per heavy atom. The zero-order valence-electron chi connectivity index (χ0n) is 10.0. The van der Waals surface area contributed by atoms with Crippen molar-refractivity contribution in [3.63, 3.8) is 0 Å². The monoisotopic (exact) mass is 269 g/mol. The summed E-state index contributed by atoms with van der Waals surface area (Å²) in [4.78, 5) is 0. The first-order valence-corrected chi connectivity index (χ1v) is 8.45. The highest BCUT2D eigenvalue weighted by Gasteiger charge is 2.21. The Balaban J connectivity index is 1.49. The molecular formula is C12H19N3S2. The van der Waals surface area contributed by atoms with Gasteiger partial charge in [0.2, 0.25) is 0 Å². The number of hydrogen-bond acceptors (Lipinski definition) is 5. The van der Waals surface area contributed by atoms with E-state index in [0.29, 0.717) is 5.25 Å². The van der Waals surface area contributed by atoms with Crippen molar-refractivity contribution >= 4 is 23.1 Å². The maximum atomic E-state index is 4.37. The zero-order valence-corrected chi connectivity index (χ0v) is 11.7. The predicted molar refractivity (Wildman–Crippen MR) is 73.7 cm³/mol. The Hall–Kier alpha value is -0.130. The third-order valence-corrected chi connectivity index (χ3v) is 5.92. The minimum absolute atomic E-state index is 0.631. The number of nitrogens with one attached hydrogen (secondary N) is 1. The summed E-state index contributed by atoms with van der Waals surface area (Å²) in [6.07, 6.45) is 7.79. The molecule has 2 heterocycles. The van der Waals surface area contributed by atoms with E-state index in [4.69, 9.17) is 0 Å². The highest BCUT2D eigenvalue weighted by atomic mass is 32.2. The third kappa shape index (κ3) is 3.42. The molecule has 3 rings (SSSR count). The van der Waals surface area contributed by atoms with Gasteiger partial charge in [-0.1, -0.05) is 6.42 Å². The summed E-state index contributed by atoms with van der Waals surface area (Å²) in [6.45, 7) is 1.07. The molecule has 0 amide bonds. The highest BCUT2D eigenvalue weighted by molar-refractivity contribution is 7.99. The van der Waals surface area contributed by atoms with Crippen LogP contribution in [0.3, 0.4) is 0 Å². The number of aromatic nitrogens is 2. The van der Waals surface area contributed by atoms with Crippen LogP contribution >= 0.6 is 23.1 Å². The van der Waals surface area contributed by atoms with Gasteiger partial charge >= 0.3 is 0 Å². The van der Waals surface area contributed by atoms with Crippen LogP contribution in [0.25, 0.3) is 0 Å². The first kappa shape index (κ1) is 11.9. The molecule has 1 saturated carbocycles. The fourth-order valence-corrected chi connectivity index (χ4v) is 4.49. The second-order valence-electron chi connectivity index (χ2n) is 4.87. The summed E-state index contributed by atoms with van der Waals surface area (Å²) in [5.74, 6) is 1.29. The van der Waals surface area contributed by atoms with Crippen molar-refractivity contribution in [1.29, 1.82) is 0 Å². The van der Waals surface area contributed by atoms with Crippen molar-refractivity contribution in [1.82, 2.24) is 15.5 Å². The van der Waals surface area contributed by atoms with Crippen LogP contribution in [0.15, 0.2) is 0 Å². The maximum absolute atomic E-state index is 4.37. The molecule has 1 aromatic heterocycles. The maximum Gasteiger partial charge on any atom is 0.130 e. The average Bonchev–Trinajstić information content (AvgIpc) is 3.07. The van der Waals surface area contributed by atoms with Crippen LogP contribution < -0.4 is 5.32 Å². The van der Waals surface area contributed by atoms with E-state index in [0.717, 1.165) is 19.0 Å². The molecule has 1 aliphatic carbocycles. The van der Waals surface area contributed by atoms with Gasteiger partial charge in [-0.2, -0.15) is 11.8 Å². The van der Waals surface area contributed by atoms with Gasteiger partial charge in [-0.25, -0.2) is 0 Å². The smallest absolute Gasteiger partial charge is 0.130 e. The normalized spacial score (nSPS) is 25.1. The van der Waals surface area contributed by atoms with Crippen LogP contribution in [0.5, 0.6) is 0 Å². The Morgan fingerprint density at radius 1 is 1.18 bits per heavy atom. The van der Waals surface area contributed by atoms with E-state index in [9.17, 15) is 0 Å². The number of thioether (sulfide) groups is 1. The quantitative estimate of drug-likeness (QED) is 0.892. The van der Waals surface area contributed by atoms with E-state index in [-0.39, 0.29) is 0 Å². The fourth-order valence-electron chi connectivity index (χ4n) is 2.10. The van der Waals surface area contributed by atoms with Crippen molar-refractivity contribution in [3.05, 3.63) is 10.0 Å². The van der Waals surface area contributed by atoms with Crippen LogP contribution in [-0.4, -0.2) is 28.5 Å². The lowest BCUT2D eigenvalue weighted by atomic mass is 10.2. The molecule has 5 heteroatoms. The van der Waals surface area contributed by atoms with E-state index in [1.807, 2.05) is 11.3 Å². The molecule has 17 heavy (non-hydrogen) atoms. The van der Waals surface area contributed by atoms with E-state index in [1.54, 1.807) is 0 Å². The van der Waals surface area contributed by atoms with Gasteiger partial charge in [0.1, 0.15) is 10.0 Å². The molecule has 2 fully saturated rings. The molecule has 2 aliphatic rings. The average molecular weight is 269 g/mol. The summed E-state index contributed by atoms with van der Waals surface area (Å²) in [7, 11) is 0. The first-order valence-electron chi connectivity index (χ1n) is 6.59. The molecule has 1 saturated heterocycles. The molecule has 1 N–H and O–H groups in total. The van der Waals surface area contributed by atoms with Crippen LogP contribution in [-0.2, 0) is 6.42 Å². The van der Waals surface area contributed by atoms with Gasteiger partial charge in [-0.15, -0.1) is 21.5 Å². The molecule has 0 spiro atoms. The van der Waals surface area contributed by atoms with Crippen molar-refractivity contribution in [3.8, 4) is 0 Å². The van der Waals surface area contributed by atoms with Crippen LogP contribution in [0.2, 0.25) is 0 Å². The molecule has 0 bridgehead atoms. The van der Waals surface area contributed by atoms with Crippen molar-refractivity contribution < 1.29 is 0 Å². The van der Waals surface area contributed by atoms with Gasteiger partial charge in [0.05, 0.1) is 5.25 Å². The van der Waals surface area contributed by atoms with Crippen molar-refractivity contribution in [2.45, 2.75) is 49.8 Å². The SMILES string of the molecule is C1CCC(c2nnc(CCNC3CC3)s2)SC1.